The van der Waals surface area contributed by atoms with Crippen molar-refractivity contribution in [1.82, 2.24) is 20.2 Å². The maximum atomic E-state index is 12.6. The zero-order valence-corrected chi connectivity index (χ0v) is 17.3. The number of nitrogens with one attached hydrogen (secondary N) is 2. The molecule has 2 aromatic carbocycles. The number of hydrogen-bond acceptors (Lipinski definition) is 3. The summed E-state index contributed by atoms with van der Waals surface area (Å²) in [6.45, 7) is 1.23. The molecule has 31 heavy (non-hydrogen) atoms. The van der Waals surface area contributed by atoms with Gasteiger partial charge in [0.15, 0.2) is 12.6 Å². The molecule has 0 amide bonds. The van der Waals surface area contributed by atoms with Gasteiger partial charge in [-0.2, -0.15) is 13.2 Å². The van der Waals surface area contributed by atoms with E-state index in [1.54, 1.807) is 38.6 Å². The Morgan fingerprint density at radius 3 is 2.52 bits per heavy atom. The SMILES string of the molecule is CN=C(NCc1ccc(C)cc1OCC(F)(F)F)NCc1ccccc1-n1ccnc1. The van der Waals surface area contributed by atoms with Crippen molar-refractivity contribution in [1.29, 1.82) is 0 Å². The summed E-state index contributed by atoms with van der Waals surface area (Å²) in [7, 11) is 1.63. The molecule has 3 rings (SSSR count). The van der Waals surface area contributed by atoms with E-state index in [0.717, 1.165) is 16.8 Å². The van der Waals surface area contributed by atoms with E-state index in [1.165, 1.54) is 0 Å². The summed E-state index contributed by atoms with van der Waals surface area (Å²) in [6, 6.07) is 13.1. The average Bonchev–Trinajstić information content (AvgIpc) is 3.28. The Balaban J connectivity index is 1.64. The molecule has 0 aliphatic heterocycles. The van der Waals surface area contributed by atoms with Crippen LogP contribution in [0, 0.1) is 6.92 Å². The third-order valence-corrected chi connectivity index (χ3v) is 4.50. The number of guanidine groups is 1. The van der Waals surface area contributed by atoms with E-state index in [1.807, 2.05) is 41.1 Å². The maximum absolute atomic E-state index is 12.6. The molecule has 164 valence electrons. The maximum Gasteiger partial charge on any atom is 0.422 e. The van der Waals surface area contributed by atoms with Crippen LogP contribution in [0.15, 0.2) is 66.2 Å². The lowest BCUT2D eigenvalue weighted by molar-refractivity contribution is -0.153. The van der Waals surface area contributed by atoms with Crippen LogP contribution in [0.1, 0.15) is 16.7 Å². The highest BCUT2D eigenvalue weighted by atomic mass is 19.4. The molecule has 0 unspecified atom stereocenters. The van der Waals surface area contributed by atoms with Gasteiger partial charge >= 0.3 is 6.18 Å². The van der Waals surface area contributed by atoms with Crippen LogP contribution in [0.5, 0.6) is 5.75 Å². The quantitative estimate of drug-likeness (QED) is 0.439. The summed E-state index contributed by atoms with van der Waals surface area (Å²) in [5.41, 5.74) is 3.45. The first-order valence-electron chi connectivity index (χ1n) is 9.65. The van der Waals surface area contributed by atoms with Gasteiger partial charge in [0.25, 0.3) is 0 Å². The first-order valence-corrected chi connectivity index (χ1v) is 9.65. The second-order valence-corrected chi connectivity index (χ2v) is 6.89. The molecule has 0 atom stereocenters. The summed E-state index contributed by atoms with van der Waals surface area (Å²) in [5.74, 6) is 0.716. The second kappa shape index (κ2) is 10.0. The van der Waals surface area contributed by atoms with Gasteiger partial charge in [0.2, 0.25) is 0 Å². The first-order chi connectivity index (χ1) is 14.9. The molecule has 0 saturated carbocycles. The van der Waals surface area contributed by atoms with E-state index in [-0.39, 0.29) is 12.3 Å². The van der Waals surface area contributed by atoms with Crippen LogP contribution in [-0.2, 0) is 13.1 Å². The zero-order chi connectivity index (χ0) is 22.3. The van der Waals surface area contributed by atoms with Gasteiger partial charge in [-0.25, -0.2) is 4.98 Å². The molecule has 0 spiro atoms. The minimum Gasteiger partial charge on any atom is -0.484 e. The lowest BCUT2D eigenvalue weighted by Gasteiger charge is -2.17. The molecular formula is C22H24F3N5O. The van der Waals surface area contributed by atoms with Crippen LogP contribution in [-0.4, -0.2) is 35.3 Å². The Morgan fingerprint density at radius 1 is 1.10 bits per heavy atom. The number of imidazole rings is 1. The van der Waals surface area contributed by atoms with Crippen LogP contribution in [0.2, 0.25) is 0 Å². The first kappa shape index (κ1) is 22.2. The van der Waals surface area contributed by atoms with Crippen molar-refractivity contribution in [2.24, 2.45) is 4.99 Å². The minimum absolute atomic E-state index is 0.200. The molecule has 6 nitrogen and oxygen atoms in total. The fraction of sp³-hybridized carbons (Fsp3) is 0.273. The smallest absolute Gasteiger partial charge is 0.422 e. The Hall–Kier alpha value is -3.49. The van der Waals surface area contributed by atoms with E-state index in [0.29, 0.717) is 18.1 Å². The Bertz CT molecular complexity index is 1020. The van der Waals surface area contributed by atoms with Crippen molar-refractivity contribution in [2.45, 2.75) is 26.2 Å². The van der Waals surface area contributed by atoms with Crippen molar-refractivity contribution in [3.63, 3.8) is 0 Å². The fourth-order valence-corrected chi connectivity index (χ4v) is 2.99. The predicted molar refractivity (Wildman–Crippen MR) is 113 cm³/mol. The normalized spacial score (nSPS) is 12.0. The molecule has 3 aromatic rings. The number of ether oxygens (including phenoxy) is 1. The fourth-order valence-electron chi connectivity index (χ4n) is 2.99. The summed E-state index contributed by atoms with van der Waals surface area (Å²) in [4.78, 5) is 8.28. The summed E-state index contributed by atoms with van der Waals surface area (Å²) in [5, 5.41) is 6.36. The molecule has 2 N–H and O–H groups in total. The molecule has 1 heterocycles. The highest BCUT2D eigenvalue weighted by Gasteiger charge is 2.28. The van der Waals surface area contributed by atoms with Crippen molar-refractivity contribution in [2.75, 3.05) is 13.7 Å². The van der Waals surface area contributed by atoms with Gasteiger partial charge in [0.1, 0.15) is 5.75 Å². The lowest BCUT2D eigenvalue weighted by Crippen LogP contribution is -2.36. The van der Waals surface area contributed by atoms with Crippen molar-refractivity contribution in [3.8, 4) is 11.4 Å². The van der Waals surface area contributed by atoms with Crippen LogP contribution in [0.4, 0.5) is 13.2 Å². The van der Waals surface area contributed by atoms with Crippen LogP contribution in [0.25, 0.3) is 5.69 Å². The summed E-state index contributed by atoms with van der Waals surface area (Å²) < 4.78 is 44.6. The standard InChI is InChI=1S/C22H24F3N5O/c1-16-7-8-18(20(11-16)31-14-22(23,24)25)13-29-21(26-2)28-12-17-5-3-4-6-19(17)30-10-9-27-15-30/h3-11,15H,12-14H2,1-2H3,(H2,26,28,29). The van der Waals surface area contributed by atoms with Gasteiger partial charge in [-0.05, 0) is 30.2 Å². The van der Waals surface area contributed by atoms with Crippen molar-refractivity contribution in [3.05, 3.63) is 77.9 Å². The Morgan fingerprint density at radius 2 is 1.84 bits per heavy atom. The monoisotopic (exact) mass is 431 g/mol. The number of aryl methyl sites for hydroxylation is 1. The highest BCUT2D eigenvalue weighted by molar-refractivity contribution is 5.79. The van der Waals surface area contributed by atoms with Gasteiger partial charge in [0.05, 0.1) is 12.0 Å². The topological polar surface area (TPSA) is 63.5 Å². The summed E-state index contributed by atoms with van der Waals surface area (Å²) >= 11 is 0. The van der Waals surface area contributed by atoms with Crippen molar-refractivity contribution >= 4 is 5.96 Å². The third kappa shape index (κ3) is 6.50. The van der Waals surface area contributed by atoms with Gasteiger partial charge in [0, 0.05) is 38.1 Å². The van der Waals surface area contributed by atoms with E-state index >= 15 is 0 Å². The summed E-state index contributed by atoms with van der Waals surface area (Å²) in [6.07, 6.45) is 0.914. The molecular weight excluding hydrogens is 407 g/mol. The molecule has 0 aliphatic rings. The number of aliphatic imine (C=N–C) groups is 1. The van der Waals surface area contributed by atoms with Gasteiger partial charge in [-0.15, -0.1) is 0 Å². The predicted octanol–water partition coefficient (Wildman–Crippen LogP) is 3.99. The number of para-hydroxylation sites is 1. The molecule has 1 aromatic heterocycles. The van der Waals surface area contributed by atoms with Gasteiger partial charge < -0.3 is 19.9 Å². The van der Waals surface area contributed by atoms with E-state index in [9.17, 15) is 13.2 Å². The second-order valence-electron chi connectivity index (χ2n) is 6.89. The number of benzene rings is 2. The zero-order valence-electron chi connectivity index (χ0n) is 17.3. The number of halogens is 3. The van der Waals surface area contributed by atoms with E-state index < -0.39 is 12.8 Å². The molecule has 0 bridgehead atoms. The van der Waals surface area contributed by atoms with Gasteiger partial charge in [-0.1, -0.05) is 30.3 Å². The lowest BCUT2D eigenvalue weighted by atomic mass is 10.1. The van der Waals surface area contributed by atoms with E-state index in [2.05, 4.69) is 20.6 Å². The third-order valence-electron chi connectivity index (χ3n) is 4.50. The van der Waals surface area contributed by atoms with Crippen LogP contribution >= 0.6 is 0 Å². The molecule has 0 fully saturated rings. The van der Waals surface area contributed by atoms with Crippen LogP contribution < -0.4 is 15.4 Å². The van der Waals surface area contributed by atoms with Crippen LogP contribution in [0.3, 0.4) is 0 Å². The number of aromatic nitrogens is 2. The number of nitrogens with zero attached hydrogens (tertiary/aromatic N) is 3. The minimum atomic E-state index is -4.39. The molecule has 0 saturated heterocycles. The number of rotatable bonds is 7. The molecule has 9 heteroatoms. The number of alkyl halides is 3. The molecule has 0 radical (unpaired) electrons. The number of hydrogen-bond donors (Lipinski definition) is 2. The largest absolute Gasteiger partial charge is 0.484 e. The Kier molecular flexibility index (Phi) is 7.17. The highest BCUT2D eigenvalue weighted by Crippen LogP contribution is 2.23. The molecule has 0 aliphatic carbocycles. The Labute approximate surface area is 178 Å². The van der Waals surface area contributed by atoms with Crippen molar-refractivity contribution < 1.29 is 17.9 Å². The van der Waals surface area contributed by atoms with Gasteiger partial charge in [-0.3, -0.25) is 4.99 Å². The van der Waals surface area contributed by atoms with E-state index in [4.69, 9.17) is 4.74 Å². The average molecular weight is 431 g/mol.